The van der Waals surface area contributed by atoms with Crippen molar-refractivity contribution in [2.24, 2.45) is 0 Å². The number of benzene rings is 1. The Labute approximate surface area is 151 Å². The van der Waals surface area contributed by atoms with E-state index in [9.17, 15) is 0 Å². The number of fused-ring (bicyclic) bond motifs is 1. The lowest BCUT2D eigenvalue weighted by Gasteiger charge is -2.38. The van der Waals surface area contributed by atoms with E-state index in [-0.39, 0.29) is 6.04 Å². The SMILES string of the molecule is Cc1cccc(NC(=S)N2CCn3cccc3[C@H]2c2cccs2)c1. The number of thiophene rings is 1. The number of anilines is 1. The molecule has 1 atom stereocenters. The van der Waals surface area contributed by atoms with E-state index in [1.54, 1.807) is 11.3 Å². The van der Waals surface area contributed by atoms with Crippen LogP contribution in [0.2, 0.25) is 0 Å². The molecule has 0 saturated heterocycles. The first kappa shape index (κ1) is 15.4. The molecule has 1 N–H and O–H groups in total. The highest BCUT2D eigenvalue weighted by molar-refractivity contribution is 7.80. The summed E-state index contributed by atoms with van der Waals surface area (Å²) in [4.78, 5) is 3.63. The minimum atomic E-state index is 0.179. The Morgan fingerprint density at radius 2 is 2.08 bits per heavy atom. The van der Waals surface area contributed by atoms with Gasteiger partial charge in [-0.1, -0.05) is 18.2 Å². The molecule has 3 heterocycles. The van der Waals surface area contributed by atoms with Gasteiger partial charge in [0, 0.05) is 35.5 Å². The molecule has 0 unspecified atom stereocenters. The van der Waals surface area contributed by atoms with Crippen LogP contribution in [0.3, 0.4) is 0 Å². The number of hydrogen-bond donors (Lipinski definition) is 1. The summed E-state index contributed by atoms with van der Waals surface area (Å²) >= 11 is 7.55. The molecule has 1 aliphatic rings. The summed E-state index contributed by atoms with van der Waals surface area (Å²) < 4.78 is 2.33. The first-order valence-corrected chi connectivity index (χ1v) is 9.34. The van der Waals surface area contributed by atoms with E-state index < -0.39 is 0 Å². The Morgan fingerprint density at radius 3 is 2.88 bits per heavy atom. The third-order valence-corrected chi connectivity index (χ3v) is 5.64. The van der Waals surface area contributed by atoms with Gasteiger partial charge in [0.25, 0.3) is 0 Å². The van der Waals surface area contributed by atoms with Crippen molar-refractivity contribution < 1.29 is 0 Å². The van der Waals surface area contributed by atoms with E-state index in [0.717, 1.165) is 23.9 Å². The number of hydrogen-bond acceptors (Lipinski definition) is 2. The second-order valence-corrected chi connectivity index (χ2v) is 7.40. The van der Waals surface area contributed by atoms with Crippen LogP contribution >= 0.6 is 23.6 Å². The third kappa shape index (κ3) is 2.85. The lowest BCUT2D eigenvalue weighted by atomic mass is 10.1. The topological polar surface area (TPSA) is 20.2 Å². The third-order valence-electron chi connectivity index (χ3n) is 4.38. The summed E-state index contributed by atoms with van der Waals surface area (Å²) in [5, 5.41) is 6.34. The molecule has 2 aromatic heterocycles. The molecule has 1 aliphatic heterocycles. The number of nitrogens with zero attached hydrogens (tertiary/aromatic N) is 2. The van der Waals surface area contributed by atoms with Crippen molar-refractivity contribution in [2.75, 3.05) is 11.9 Å². The van der Waals surface area contributed by atoms with Gasteiger partial charge < -0.3 is 14.8 Å². The van der Waals surface area contributed by atoms with Gasteiger partial charge >= 0.3 is 0 Å². The van der Waals surface area contributed by atoms with Gasteiger partial charge in [0.2, 0.25) is 0 Å². The zero-order valence-corrected chi connectivity index (χ0v) is 15.1. The summed E-state index contributed by atoms with van der Waals surface area (Å²) in [6.07, 6.45) is 2.16. The highest BCUT2D eigenvalue weighted by atomic mass is 32.1. The minimum absolute atomic E-state index is 0.179. The van der Waals surface area contributed by atoms with E-state index in [0.29, 0.717) is 0 Å². The maximum atomic E-state index is 5.76. The quantitative estimate of drug-likeness (QED) is 0.677. The van der Waals surface area contributed by atoms with Crippen LogP contribution in [0.15, 0.2) is 60.1 Å². The second kappa shape index (κ2) is 6.42. The number of thiocarbonyl (C=S) groups is 1. The summed E-state index contributed by atoms with van der Waals surface area (Å²) in [6.45, 7) is 3.96. The van der Waals surface area contributed by atoms with Crippen LogP contribution in [0, 0.1) is 6.92 Å². The maximum Gasteiger partial charge on any atom is 0.174 e. The number of nitrogens with one attached hydrogen (secondary N) is 1. The summed E-state index contributed by atoms with van der Waals surface area (Å²) in [5.74, 6) is 0. The lowest BCUT2D eigenvalue weighted by Crippen LogP contribution is -2.44. The van der Waals surface area contributed by atoms with Crippen LogP contribution in [-0.2, 0) is 6.54 Å². The van der Waals surface area contributed by atoms with Crippen molar-refractivity contribution in [3.63, 3.8) is 0 Å². The molecule has 3 nitrogen and oxygen atoms in total. The van der Waals surface area contributed by atoms with Crippen LogP contribution in [0.25, 0.3) is 0 Å². The molecule has 0 fully saturated rings. The molecular formula is C19H19N3S2. The van der Waals surface area contributed by atoms with Gasteiger partial charge in [0.15, 0.2) is 5.11 Å². The molecular weight excluding hydrogens is 334 g/mol. The number of aromatic nitrogens is 1. The molecule has 0 spiro atoms. The summed E-state index contributed by atoms with van der Waals surface area (Å²) in [5.41, 5.74) is 3.58. The zero-order valence-electron chi connectivity index (χ0n) is 13.5. The fourth-order valence-electron chi connectivity index (χ4n) is 3.27. The highest BCUT2D eigenvalue weighted by Gasteiger charge is 2.31. The minimum Gasteiger partial charge on any atom is -0.347 e. The Bertz CT molecular complexity index is 851. The molecule has 0 aliphatic carbocycles. The molecule has 0 amide bonds. The van der Waals surface area contributed by atoms with Gasteiger partial charge in [0.1, 0.15) is 6.04 Å². The van der Waals surface area contributed by atoms with Crippen LogP contribution in [0.4, 0.5) is 5.69 Å². The second-order valence-electron chi connectivity index (χ2n) is 6.04. The lowest BCUT2D eigenvalue weighted by molar-refractivity contribution is 0.297. The predicted molar refractivity (Wildman–Crippen MR) is 105 cm³/mol. The average molecular weight is 354 g/mol. The van der Waals surface area contributed by atoms with E-state index in [1.165, 1.54) is 16.1 Å². The average Bonchev–Trinajstić information content (AvgIpc) is 3.25. The Kier molecular flexibility index (Phi) is 4.12. The monoisotopic (exact) mass is 353 g/mol. The number of aryl methyl sites for hydroxylation is 1. The molecule has 0 bridgehead atoms. The fourth-order valence-corrected chi connectivity index (χ4v) is 4.43. The fraction of sp³-hybridized carbons (Fsp3) is 0.211. The van der Waals surface area contributed by atoms with Crippen molar-refractivity contribution >= 4 is 34.4 Å². The Morgan fingerprint density at radius 1 is 1.17 bits per heavy atom. The largest absolute Gasteiger partial charge is 0.347 e. The normalized spacial score (nSPS) is 16.7. The molecule has 0 saturated carbocycles. The Balaban J connectivity index is 1.65. The molecule has 3 aromatic rings. The van der Waals surface area contributed by atoms with Gasteiger partial charge in [-0.15, -0.1) is 11.3 Å². The maximum absolute atomic E-state index is 5.76. The first-order valence-electron chi connectivity index (χ1n) is 8.05. The van der Waals surface area contributed by atoms with Crippen LogP contribution in [0.1, 0.15) is 22.2 Å². The van der Waals surface area contributed by atoms with Crippen LogP contribution in [0.5, 0.6) is 0 Å². The molecule has 4 rings (SSSR count). The van der Waals surface area contributed by atoms with Crippen molar-refractivity contribution in [3.05, 3.63) is 76.2 Å². The molecule has 5 heteroatoms. The molecule has 122 valence electrons. The molecule has 24 heavy (non-hydrogen) atoms. The predicted octanol–water partition coefficient (Wildman–Crippen LogP) is 4.66. The molecule has 1 aromatic carbocycles. The number of rotatable bonds is 2. The standard InChI is InChI=1S/C19H19N3S2/c1-14-5-2-6-15(13-14)20-19(23)22-11-10-21-9-3-7-16(21)18(22)17-8-4-12-24-17/h2-9,12-13,18H,10-11H2,1H3,(H,20,23)/t18-/m0/s1. The van der Waals surface area contributed by atoms with E-state index in [1.807, 2.05) is 0 Å². The van der Waals surface area contributed by atoms with Crippen LogP contribution in [-0.4, -0.2) is 21.1 Å². The van der Waals surface area contributed by atoms with Crippen molar-refractivity contribution in [1.82, 2.24) is 9.47 Å². The van der Waals surface area contributed by atoms with E-state index in [4.69, 9.17) is 12.2 Å². The Hall–Kier alpha value is -2.11. The van der Waals surface area contributed by atoms with E-state index in [2.05, 4.69) is 81.8 Å². The van der Waals surface area contributed by atoms with Gasteiger partial charge in [0.05, 0.1) is 0 Å². The van der Waals surface area contributed by atoms with E-state index >= 15 is 0 Å². The highest BCUT2D eigenvalue weighted by Crippen LogP contribution is 2.35. The summed E-state index contributed by atoms with van der Waals surface area (Å²) in [6, 6.07) is 17.1. The summed E-state index contributed by atoms with van der Waals surface area (Å²) in [7, 11) is 0. The van der Waals surface area contributed by atoms with Gasteiger partial charge in [-0.3, -0.25) is 0 Å². The van der Waals surface area contributed by atoms with Gasteiger partial charge in [-0.25, -0.2) is 0 Å². The smallest absolute Gasteiger partial charge is 0.174 e. The molecule has 0 radical (unpaired) electrons. The van der Waals surface area contributed by atoms with Crippen molar-refractivity contribution in [1.29, 1.82) is 0 Å². The van der Waals surface area contributed by atoms with Crippen molar-refractivity contribution in [3.8, 4) is 0 Å². The first-order chi connectivity index (χ1) is 11.7. The zero-order chi connectivity index (χ0) is 16.5. The van der Waals surface area contributed by atoms with Crippen LogP contribution < -0.4 is 5.32 Å². The van der Waals surface area contributed by atoms with Gasteiger partial charge in [-0.2, -0.15) is 0 Å². The van der Waals surface area contributed by atoms with Gasteiger partial charge in [-0.05, 0) is 60.4 Å². The van der Waals surface area contributed by atoms with Crippen molar-refractivity contribution in [2.45, 2.75) is 19.5 Å².